The Bertz CT molecular complexity index is 667. The zero-order valence-electron chi connectivity index (χ0n) is 19.7. The smallest absolute Gasteiger partial charge is 0.0568 e. The van der Waals surface area contributed by atoms with Crippen molar-refractivity contribution < 1.29 is 5.11 Å². The normalized spacial score (nSPS) is 54.0. The first kappa shape index (κ1) is 20.6. The summed E-state index contributed by atoms with van der Waals surface area (Å²) in [6.07, 6.45) is 16.8. The SMILES string of the molecule is C=C(C)CCCC(C)C1CCC2C3CCC4C(C)C(O)CCC45CC35CCC12C. The maximum Gasteiger partial charge on any atom is 0.0568 e. The lowest BCUT2D eigenvalue weighted by molar-refractivity contribution is -0.101. The number of allylic oxidation sites excluding steroid dienone is 1. The van der Waals surface area contributed by atoms with Gasteiger partial charge >= 0.3 is 0 Å². The Kier molecular flexibility index (Phi) is 4.86. The van der Waals surface area contributed by atoms with E-state index in [1.165, 1.54) is 76.2 Å². The lowest BCUT2D eigenvalue weighted by Crippen LogP contribution is -2.51. The van der Waals surface area contributed by atoms with Gasteiger partial charge in [0.1, 0.15) is 0 Å². The number of hydrogen-bond donors (Lipinski definition) is 1. The Hall–Kier alpha value is -0.300. The summed E-state index contributed by atoms with van der Waals surface area (Å²) in [6.45, 7) is 14.0. The molecule has 5 rings (SSSR count). The predicted molar refractivity (Wildman–Crippen MR) is 121 cm³/mol. The lowest BCUT2D eigenvalue weighted by atomic mass is 9.48. The van der Waals surface area contributed by atoms with Crippen molar-refractivity contribution in [2.24, 2.45) is 51.8 Å². The summed E-state index contributed by atoms with van der Waals surface area (Å²) in [5.74, 6) is 5.20. The fraction of sp³-hybridized carbons (Fsp3) is 0.929. The molecule has 10 unspecified atom stereocenters. The van der Waals surface area contributed by atoms with E-state index in [2.05, 4.69) is 34.3 Å². The largest absolute Gasteiger partial charge is 0.393 e. The number of aliphatic hydroxyl groups excluding tert-OH is 1. The van der Waals surface area contributed by atoms with E-state index in [-0.39, 0.29) is 6.10 Å². The van der Waals surface area contributed by atoms with Gasteiger partial charge in [-0.25, -0.2) is 0 Å². The minimum atomic E-state index is -0.0235. The van der Waals surface area contributed by atoms with E-state index in [9.17, 15) is 5.11 Å². The van der Waals surface area contributed by atoms with Gasteiger partial charge in [-0.3, -0.25) is 0 Å². The molecule has 0 aromatic rings. The van der Waals surface area contributed by atoms with Crippen molar-refractivity contribution in [3.8, 4) is 0 Å². The second-order valence-corrected chi connectivity index (χ2v) is 12.9. The highest BCUT2D eigenvalue weighted by Gasteiger charge is 2.78. The van der Waals surface area contributed by atoms with E-state index in [1.807, 2.05) is 0 Å². The molecular formula is C28H46O. The van der Waals surface area contributed by atoms with Crippen molar-refractivity contribution in [3.63, 3.8) is 0 Å². The van der Waals surface area contributed by atoms with Crippen LogP contribution < -0.4 is 0 Å². The molecule has 5 aliphatic rings. The van der Waals surface area contributed by atoms with Crippen LogP contribution in [0.2, 0.25) is 0 Å². The minimum absolute atomic E-state index is 0.0235. The molecule has 5 aliphatic carbocycles. The van der Waals surface area contributed by atoms with Crippen LogP contribution in [0.5, 0.6) is 0 Å². The number of fused-ring (bicyclic) bond motifs is 2. The molecular weight excluding hydrogens is 352 g/mol. The summed E-state index contributed by atoms with van der Waals surface area (Å²) in [4.78, 5) is 0. The molecule has 2 spiro atoms. The fourth-order valence-corrected chi connectivity index (χ4v) is 10.4. The van der Waals surface area contributed by atoms with Crippen molar-refractivity contribution in [3.05, 3.63) is 12.2 Å². The van der Waals surface area contributed by atoms with E-state index in [0.29, 0.717) is 22.2 Å². The first-order valence-electron chi connectivity index (χ1n) is 13.1. The molecule has 0 radical (unpaired) electrons. The zero-order valence-corrected chi connectivity index (χ0v) is 19.7. The zero-order chi connectivity index (χ0) is 20.6. The molecule has 1 heteroatoms. The summed E-state index contributed by atoms with van der Waals surface area (Å²) in [6, 6.07) is 0. The molecule has 164 valence electrons. The van der Waals surface area contributed by atoms with Gasteiger partial charge in [-0.05, 0) is 129 Å². The van der Waals surface area contributed by atoms with Gasteiger partial charge in [0.2, 0.25) is 0 Å². The fourth-order valence-electron chi connectivity index (χ4n) is 10.4. The average Bonchev–Trinajstić information content (AvgIpc) is 3.21. The van der Waals surface area contributed by atoms with Gasteiger partial charge in [0, 0.05) is 0 Å². The van der Waals surface area contributed by atoms with Gasteiger partial charge in [0.25, 0.3) is 0 Å². The summed E-state index contributed by atoms with van der Waals surface area (Å²) < 4.78 is 0. The third-order valence-corrected chi connectivity index (χ3v) is 11.9. The van der Waals surface area contributed by atoms with Crippen LogP contribution in [0.15, 0.2) is 12.2 Å². The molecule has 1 nitrogen and oxygen atoms in total. The van der Waals surface area contributed by atoms with Crippen LogP contribution in [0.4, 0.5) is 0 Å². The van der Waals surface area contributed by atoms with Gasteiger partial charge in [-0.2, -0.15) is 0 Å². The molecule has 29 heavy (non-hydrogen) atoms. The Balaban J connectivity index is 1.33. The van der Waals surface area contributed by atoms with Crippen LogP contribution in [0, 0.1) is 51.8 Å². The molecule has 0 heterocycles. The second-order valence-electron chi connectivity index (χ2n) is 12.9. The summed E-state index contributed by atoms with van der Waals surface area (Å²) in [7, 11) is 0. The molecule has 5 saturated carbocycles. The minimum Gasteiger partial charge on any atom is -0.393 e. The monoisotopic (exact) mass is 398 g/mol. The number of aliphatic hydroxyl groups is 1. The quantitative estimate of drug-likeness (QED) is 0.479. The molecule has 0 aliphatic heterocycles. The third kappa shape index (κ3) is 2.74. The highest BCUT2D eigenvalue weighted by Crippen LogP contribution is 2.86. The van der Waals surface area contributed by atoms with Gasteiger partial charge in [0.05, 0.1) is 6.10 Å². The molecule has 0 aromatic carbocycles. The maximum atomic E-state index is 10.5. The molecule has 5 fully saturated rings. The van der Waals surface area contributed by atoms with Crippen molar-refractivity contribution in [2.45, 2.75) is 111 Å². The van der Waals surface area contributed by atoms with Crippen molar-refractivity contribution in [1.82, 2.24) is 0 Å². The third-order valence-electron chi connectivity index (χ3n) is 11.9. The van der Waals surface area contributed by atoms with E-state index in [0.717, 1.165) is 36.0 Å². The van der Waals surface area contributed by atoms with E-state index in [4.69, 9.17) is 0 Å². The Morgan fingerprint density at radius 3 is 2.45 bits per heavy atom. The van der Waals surface area contributed by atoms with Crippen LogP contribution in [-0.4, -0.2) is 11.2 Å². The highest BCUT2D eigenvalue weighted by molar-refractivity contribution is 5.27. The molecule has 0 aromatic heterocycles. The van der Waals surface area contributed by atoms with Crippen molar-refractivity contribution in [1.29, 1.82) is 0 Å². The van der Waals surface area contributed by atoms with Crippen LogP contribution in [0.3, 0.4) is 0 Å². The van der Waals surface area contributed by atoms with Gasteiger partial charge in [-0.1, -0.05) is 32.8 Å². The van der Waals surface area contributed by atoms with Crippen LogP contribution in [0.25, 0.3) is 0 Å². The first-order valence-corrected chi connectivity index (χ1v) is 13.1. The van der Waals surface area contributed by atoms with E-state index < -0.39 is 0 Å². The van der Waals surface area contributed by atoms with Gasteiger partial charge < -0.3 is 5.11 Å². The highest BCUT2D eigenvalue weighted by atomic mass is 16.3. The molecule has 0 bridgehead atoms. The summed E-state index contributed by atoms with van der Waals surface area (Å²) >= 11 is 0. The maximum absolute atomic E-state index is 10.5. The van der Waals surface area contributed by atoms with Crippen molar-refractivity contribution >= 4 is 0 Å². The van der Waals surface area contributed by atoms with Crippen LogP contribution >= 0.6 is 0 Å². The Morgan fingerprint density at radius 1 is 1.00 bits per heavy atom. The van der Waals surface area contributed by atoms with Crippen LogP contribution in [-0.2, 0) is 0 Å². The van der Waals surface area contributed by atoms with E-state index in [1.54, 1.807) is 0 Å². The first-order chi connectivity index (χ1) is 13.8. The van der Waals surface area contributed by atoms with E-state index >= 15 is 0 Å². The number of hydrogen-bond acceptors (Lipinski definition) is 1. The molecule has 10 atom stereocenters. The molecule has 1 N–H and O–H groups in total. The molecule has 0 amide bonds. The number of rotatable bonds is 5. The summed E-state index contributed by atoms with van der Waals surface area (Å²) in [5.41, 5.74) is 3.29. The van der Waals surface area contributed by atoms with Gasteiger partial charge in [0.15, 0.2) is 0 Å². The topological polar surface area (TPSA) is 20.2 Å². The lowest BCUT2D eigenvalue weighted by Gasteiger charge is -2.57. The van der Waals surface area contributed by atoms with Crippen LogP contribution in [0.1, 0.15) is 105 Å². The van der Waals surface area contributed by atoms with Gasteiger partial charge in [-0.15, -0.1) is 6.58 Å². The second kappa shape index (κ2) is 6.85. The standard InChI is InChI=1S/C28H46O/c1-18(2)7-6-8-19(3)21-9-11-23-24-12-10-22-20(4)25(29)13-14-27(22)17-28(24,27)16-15-26(21,23)5/h19-25,29H,1,6-17H2,2-5H3. The summed E-state index contributed by atoms with van der Waals surface area (Å²) in [5, 5.41) is 10.5. The Morgan fingerprint density at radius 2 is 1.69 bits per heavy atom. The molecule has 0 saturated heterocycles. The van der Waals surface area contributed by atoms with Crippen molar-refractivity contribution in [2.75, 3.05) is 0 Å². The predicted octanol–water partition coefficient (Wildman–Crippen LogP) is 7.39. The average molecular weight is 399 g/mol. The Labute approximate surface area is 180 Å².